The third-order valence-electron chi connectivity index (χ3n) is 1.64. The van der Waals surface area contributed by atoms with Gasteiger partial charge in [0.05, 0.1) is 19.1 Å². The Kier molecular flexibility index (Phi) is 2.76. The van der Waals surface area contributed by atoms with Gasteiger partial charge < -0.3 is 9.94 Å². The summed E-state index contributed by atoms with van der Waals surface area (Å²) in [6, 6.07) is 0. The van der Waals surface area contributed by atoms with E-state index in [0.717, 1.165) is 5.76 Å². The van der Waals surface area contributed by atoms with Crippen LogP contribution in [0.25, 0.3) is 0 Å². The second kappa shape index (κ2) is 3.63. The molecule has 0 bridgehead atoms. The number of halogens is 1. The maximum atomic E-state index is 8.33. The molecule has 0 spiro atoms. The lowest BCUT2D eigenvalue weighted by molar-refractivity contribution is 0.273. The predicted octanol–water partition coefficient (Wildman–Crippen LogP) is 1.91. The first-order valence-corrected chi connectivity index (χ1v) is 3.88. The van der Waals surface area contributed by atoms with Gasteiger partial charge in [-0.25, -0.2) is 0 Å². The number of ether oxygens (including phenoxy) is 1. The highest BCUT2D eigenvalue weighted by Crippen LogP contribution is 2.27. The van der Waals surface area contributed by atoms with E-state index in [1.807, 2.05) is 6.08 Å². The highest BCUT2D eigenvalue weighted by Gasteiger charge is 2.26. The molecular weight excluding hydrogens is 178 g/mol. The smallest absolute Gasteiger partial charge is 0.108 e. The van der Waals surface area contributed by atoms with Crippen LogP contribution in [0, 0.1) is 0 Å². The number of methoxy groups -OCH3 is 1. The van der Waals surface area contributed by atoms with Gasteiger partial charge in [-0.2, -0.15) is 0 Å². The fraction of sp³-hybridized carbons (Fsp3) is 0.375. The van der Waals surface area contributed by atoms with E-state index >= 15 is 0 Å². The van der Waals surface area contributed by atoms with E-state index in [4.69, 9.17) is 21.5 Å². The highest BCUT2D eigenvalue weighted by molar-refractivity contribution is 6.34. The molecule has 1 unspecified atom stereocenters. The molecule has 0 saturated carbocycles. The Labute approximate surface area is 76.0 Å². The van der Waals surface area contributed by atoms with Crippen molar-refractivity contribution >= 4 is 17.8 Å². The van der Waals surface area contributed by atoms with Crippen LogP contribution in [0.1, 0.15) is 6.42 Å². The fourth-order valence-electron chi connectivity index (χ4n) is 1.03. The number of hydrogen-bond acceptors (Lipinski definition) is 3. The minimum atomic E-state index is -0.741. The number of oxime groups is 1. The van der Waals surface area contributed by atoms with E-state index < -0.39 is 4.87 Å². The lowest BCUT2D eigenvalue weighted by Crippen LogP contribution is -2.23. The molecule has 0 aromatic rings. The molecular formula is C8H10ClNO2. The van der Waals surface area contributed by atoms with E-state index in [0.29, 0.717) is 6.42 Å². The minimum Gasteiger partial charge on any atom is -0.501 e. The summed E-state index contributed by atoms with van der Waals surface area (Å²) in [5.41, 5.74) is 0. The lowest BCUT2D eigenvalue weighted by Gasteiger charge is -2.21. The number of rotatable bonds is 2. The van der Waals surface area contributed by atoms with Gasteiger partial charge in [-0.1, -0.05) is 17.3 Å². The van der Waals surface area contributed by atoms with Crippen molar-refractivity contribution in [3.05, 3.63) is 24.0 Å². The maximum Gasteiger partial charge on any atom is 0.108 e. The van der Waals surface area contributed by atoms with Crippen LogP contribution in [-0.4, -0.2) is 23.4 Å². The molecule has 1 aliphatic carbocycles. The molecule has 1 atom stereocenters. The molecule has 0 heterocycles. The van der Waals surface area contributed by atoms with Crippen LogP contribution < -0.4 is 0 Å². The van der Waals surface area contributed by atoms with Crippen molar-refractivity contribution in [3.8, 4) is 0 Å². The molecule has 1 rings (SSSR count). The van der Waals surface area contributed by atoms with Crippen LogP contribution in [0.5, 0.6) is 0 Å². The SMILES string of the molecule is COC1=CC=CC(Cl)(/C=N\O)C1. The average Bonchev–Trinajstić information content (AvgIpc) is 2.04. The Morgan fingerprint density at radius 3 is 3.17 bits per heavy atom. The van der Waals surface area contributed by atoms with Gasteiger partial charge in [-0.3, -0.25) is 0 Å². The van der Waals surface area contributed by atoms with Crippen molar-refractivity contribution in [2.45, 2.75) is 11.3 Å². The van der Waals surface area contributed by atoms with Crippen molar-refractivity contribution in [1.29, 1.82) is 0 Å². The van der Waals surface area contributed by atoms with Crippen molar-refractivity contribution in [3.63, 3.8) is 0 Å². The molecule has 0 aliphatic heterocycles. The van der Waals surface area contributed by atoms with Gasteiger partial charge in [0.1, 0.15) is 4.87 Å². The summed E-state index contributed by atoms with van der Waals surface area (Å²) in [6.45, 7) is 0. The van der Waals surface area contributed by atoms with Gasteiger partial charge in [0.2, 0.25) is 0 Å². The number of hydrogen-bond donors (Lipinski definition) is 1. The molecule has 12 heavy (non-hydrogen) atoms. The van der Waals surface area contributed by atoms with E-state index in [9.17, 15) is 0 Å². The van der Waals surface area contributed by atoms with Crippen LogP contribution in [0.15, 0.2) is 29.1 Å². The number of nitrogens with zero attached hydrogens (tertiary/aromatic N) is 1. The van der Waals surface area contributed by atoms with Crippen LogP contribution >= 0.6 is 11.6 Å². The van der Waals surface area contributed by atoms with Crippen LogP contribution in [0.4, 0.5) is 0 Å². The molecule has 0 amide bonds. The monoisotopic (exact) mass is 187 g/mol. The molecule has 4 heteroatoms. The van der Waals surface area contributed by atoms with Crippen LogP contribution in [-0.2, 0) is 4.74 Å². The van der Waals surface area contributed by atoms with Gasteiger partial charge in [0, 0.05) is 6.42 Å². The first-order valence-electron chi connectivity index (χ1n) is 3.50. The highest BCUT2D eigenvalue weighted by atomic mass is 35.5. The van der Waals surface area contributed by atoms with Crippen molar-refractivity contribution < 1.29 is 9.94 Å². The Hall–Kier alpha value is -0.960. The average molecular weight is 188 g/mol. The molecule has 66 valence electrons. The summed E-state index contributed by atoms with van der Waals surface area (Å²) in [5.74, 6) is 0.771. The number of alkyl halides is 1. The van der Waals surface area contributed by atoms with Crippen LogP contribution in [0.3, 0.4) is 0 Å². The largest absolute Gasteiger partial charge is 0.501 e. The zero-order valence-electron chi connectivity index (χ0n) is 6.70. The Balaban J connectivity index is 2.75. The minimum absolute atomic E-state index is 0.506. The Morgan fingerprint density at radius 1 is 1.83 bits per heavy atom. The topological polar surface area (TPSA) is 41.8 Å². The summed E-state index contributed by atoms with van der Waals surface area (Å²) in [5, 5.41) is 11.2. The fourth-order valence-corrected chi connectivity index (χ4v) is 1.27. The zero-order chi connectivity index (χ0) is 9.03. The third-order valence-corrected chi connectivity index (χ3v) is 1.99. The Bertz CT molecular complexity index is 247. The van der Waals surface area contributed by atoms with Gasteiger partial charge in [0.15, 0.2) is 0 Å². The molecule has 0 radical (unpaired) electrons. The van der Waals surface area contributed by atoms with Gasteiger partial charge in [0.25, 0.3) is 0 Å². The maximum absolute atomic E-state index is 8.33. The van der Waals surface area contributed by atoms with Crippen molar-refractivity contribution in [2.75, 3.05) is 7.11 Å². The molecule has 0 aromatic carbocycles. The van der Waals surface area contributed by atoms with E-state index in [2.05, 4.69) is 5.16 Å². The Morgan fingerprint density at radius 2 is 2.58 bits per heavy atom. The molecule has 0 aromatic heterocycles. The molecule has 1 aliphatic rings. The quantitative estimate of drug-likeness (QED) is 0.311. The van der Waals surface area contributed by atoms with E-state index in [1.165, 1.54) is 6.21 Å². The van der Waals surface area contributed by atoms with Crippen molar-refractivity contribution in [1.82, 2.24) is 0 Å². The summed E-state index contributed by atoms with van der Waals surface area (Å²) >= 11 is 6.03. The standard InChI is InChI=1S/C8H10ClNO2/c1-12-7-3-2-4-8(9,5-7)6-10-11/h2-4,6,11H,5H2,1H3/b10-6-. The van der Waals surface area contributed by atoms with Crippen LogP contribution in [0.2, 0.25) is 0 Å². The van der Waals surface area contributed by atoms with E-state index in [-0.39, 0.29) is 0 Å². The molecule has 1 N–H and O–H groups in total. The molecule has 3 nitrogen and oxygen atoms in total. The zero-order valence-corrected chi connectivity index (χ0v) is 7.45. The second-order valence-electron chi connectivity index (χ2n) is 2.54. The summed E-state index contributed by atoms with van der Waals surface area (Å²) in [4.78, 5) is -0.741. The number of allylic oxidation sites excluding steroid dienone is 4. The van der Waals surface area contributed by atoms with Gasteiger partial charge in [-0.15, -0.1) is 11.6 Å². The van der Waals surface area contributed by atoms with Gasteiger partial charge >= 0.3 is 0 Å². The molecule has 0 saturated heterocycles. The molecule has 0 fully saturated rings. The normalized spacial score (nSPS) is 29.0. The first kappa shape index (κ1) is 9.13. The lowest BCUT2D eigenvalue weighted by atomic mass is 10.00. The van der Waals surface area contributed by atoms with Crippen molar-refractivity contribution in [2.24, 2.45) is 5.16 Å². The van der Waals surface area contributed by atoms with E-state index in [1.54, 1.807) is 19.3 Å². The van der Waals surface area contributed by atoms with Gasteiger partial charge in [-0.05, 0) is 6.08 Å². The first-order chi connectivity index (χ1) is 5.70. The summed E-state index contributed by atoms with van der Waals surface area (Å²) in [7, 11) is 1.58. The third kappa shape index (κ3) is 2.01. The summed E-state index contributed by atoms with van der Waals surface area (Å²) in [6.07, 6.45) is 7.13. The summed E-state index contributed by atoms with van der Waals surface area (Å²) < 4.78 is 5.02. The second-order valence-corrected chi connectivity index (χ2v) is 3.25. The predicted molar refractivity (Wildman–Crippen MR) is 47.7 cm³/mol.